The first-order valence-electron chi connectivity index (χ1n) is 4.39. The Morgan fingerprint density at radius 1 is 1.36 bits per heavy atom. The van der Waals surface area contributed by atoms with Gasteiger partial charge in [0.05, 0.1) is 0 Å². The molecule has 0 aliphatic carbocycles. The fourth-order valence-corrected chi connectivity index (χ4v) is 1.30. The lowest BCUT2D eigenvalue weighted by Gasteiger charge is -2.10. The molecule has 1 aromatic rings. The van der Waals surface area contributed by atoms with Gasteiger partial charge in [0.2, 0.25) is 0 Å². The first kappa shape index (κ1) is 10.7. The van der Waals surface area contributed by atoms with E-state index in [0.29, 0.717) is 16.9 Å². The van der Waals surface area contributed by atoms with Crippen LogP contribution in [0.1, 0.15) is 18.1 Å². The van der Waals surface area contributed by atoms with Gasteiger partial charge < -0.3 is 4.74 Å². The van der Waals surface area contributed by atoms with Crippen LogP contribution in [0.2, 0.25) is 0 Å². The molecular formula is C11H13FO2. The average Bonchev–Trinajstić information content (AvgIpc) is 2.01. The maximum atomic E-state index is 12.9. The third-order valence-corrected chi connectivity index (χ3v) is 1.84. The summed E-state index contributed by atoms with van der Waals surface area (Å²) in [4.78, 5) is 10.7. The largest absolute Gasteiger partial charge is 0.485 e. The molecule has 0 bridgehead atoms. The molecule has 0 fully saturated rings. The van der Waals surface area contributed by atoms with Crippen molar-refractivity contribution in [1.82, 2.24) is 0 Å². The van der Waals surface area contributed by atoms with Crippen LogP contribution in [0.5, 0.6) is 5.75 Å². The van der Waals surface area contributed by atoms with E-state index < -0.39 is 0 Å². The van der Waals surface area contributed by atoms with Crippen LogP contribution in [-0.4, -0.2) is 12.4 Å². The van der Waals surface area contributed by atoms with Gasteiger partial charge in [-0.3, -0.25) is 4.79 Å². The van der Waals surface area contributed by atoms with Crippen LogP contribution in [0, 0.1) is 19.7 Å². The number of hydrogen-bond donors (Lipinski definition) is 0. The number of aryl methyl sites for hydroxylation is 2. The summed E-state index contributed by atoms with van der Waals surface area (Å²) in [5.74, 6) is 0.268. The Labute approximate surface area is 82.7 Å². The molecular weight excluding hydrogens is 183 g/mol. The maximum Gasteiger partial charge on any atom is 0.167 e. The average molecular weight is 196 g/mol. The highest BCUT2D eigenvalue weighted by Gasteiger charge is 2.06. The van der Waals surface area contributed by atoms with Crippen molar-refractivity contribution in [2.45, 2.75) is 20.8 Å². The fraction of sp³-hybridized carbons (Fsp3) is 0.364. The molecule has 2 nitrogen and oxygen atoms in total. The third-order valence-electron chi connectivity index (χ3n) is 1.84. The number of ether oxygens (including phenoxy) is 1. The lowest BCUT2D eigenvalue weighted by atomic mass is 10.1. The molecule has 0 spiro atoms. The Morgan fingerprint density at radius 3 is 2.29 bits per heavy atom. The van der Waals surface area contributed by atoms with Gasteiger partial charge in [-0.05, 0) is 44.0 Å². The van der Waals surface area contributed by atoms with Crippen LogP contribution in [0.15, 0.2) is 12.1 Å². The van der Waals surface area contributed by atoms with E-state index in [1.807, 2.05) is 0 Å². The lowest BCUT2D eigenvalue weighted by molar-refractivity contribution is -0.118. The normalized spacial score (nSPS) is 10.0. The zero-order chi connectivity index (χ0) is 10.7. The Kier molecular flexibility index (Phi) is 3.23. The van der Waals surface area contributed by atoms with Crippen molar-refractivity contribution in [3.8, 4) is 5.75 Å². The van der Waals surface area contributed by atoms with Gasteiger partial charge >= 0.3 is 0 Å². The number of rotatable bonds is 3. The summed E-state index contributed by atoms with van der Waals surface area (Å²) >= 11 is 0. The SMILES string of the molecule is CC(=O)COc1c(C)cc(F)cc1C. The van der Waals surface area contributed by atoms with Crippen molar-refractivity contribution in [3.63, 3.8) is 0 Å². The monoisotopic (exact) mass is 196 g/mol. The Bertz CT molecular complexity index is 335. The van der Waals surface area contributed by atoms with E-state index in [1.165, 1.54) is 19.1 Å². The minimum atomic E-state index is -0.282. The number of carbonyl (C=O) groups is 1. The van der Waals surface area contributed by atoms with Crippen molar-refractivity contribution < 1.29 is 13.9 Å². The van der Waals surface area contributed by atoms with Gasteiger partial charge in [0.1, 0.15) is 18.2 Å². The summed E-state index contributed by atoms with van der Waals surface area (Å²) in [6, 6.07) is 2.78. The molecule has 0 unspecified atom stereocenters. The van der Waals surface area contributed by atoms with Crippen LogP contribution >= 0.6 is 0 Å². The van der Waals surface area contributed by atoms with E-state index in [1.54, 1.807) is 13.8 Å². The van der Waals surface area contributed by atoms with Gasteiger partial charge in [-0.15, -0.1) is 0 Å². The van der Waals surface area contributed by atoms with E-state index in [9.17, 15) is 9.18 Å². The number of halogens is 1. The first-order valence-corrected chi connectivity index (χ1v) is 4.39. The molecule has 0 atom stereocenters. The minimum Gasteiger partial charge on any atom is -0.485 e. The molecule has 0 aliphatic heterocycles. The number of benzene rings is 1. The predicted octanol–water partition coefficient (Wildman–Crippen LogP) is 2.41. The second-order valence-electron chi connectivity index (χ2n) is 3.36. The fourth-order valence-electron chi connectivity index (χ4n) is 1.30. The molecule has 14 heavy (non-hydrogen) atoms. The standard InChI is InChI=1S/C11H13FO2/c1-7-4-10(12)5-8(2)11(7)14-6-9(3)13/h4-5H,6H2,1-3H3. The van der Waals surface area contributed by atoms with Crippen LogP contribution in [0.3, 0.4) is 0 Å². The molecule has 0 amide bonds. The Morgan fingerprint density at radius 2 is 1.86 bits per heavy atom. The molecule has 3 heteroatoms. The number of carbonyl (C=O) groups excluding carboxylic acids is 1. The number of hydrogen-bond acceptors (Lipinski definition) is 2. The molecule has 0 aromatic heterocycles. The van der Waals surface area contributed by atoms with Crippen LogP contribution in [-0.2, 0) is 4.79 Å². The highest BCUT2D eigenvalue weighted by molar-refractivity contribution is 5.77. The smallest absolute Gasteiger partial charge is 0.167 e. The minimum absolute atomic E-state index is 0.0350. The second kappa shape index (κ2) is 4.22. The van der Waals surface area contributed by atoms with Gasteiger partial charge in [-0.1, -0.05) is 0 Å². The zero-order valence-corrected chi connectivity index (χ0v) is 8.56. The Balaban J connectivity index is 2.91. The van der Waals surface area contributed by atoms with E-state index >= 15 is 0 Å². The van der Waals surface area contributed by atoms with Crippen molar-refractivity contribution in [2.75, 3.05) is 6.61 Å². The van der Waals surface area contributed by atoms with Gasteiger partial charge in [0.25, 0.3) is 0 Å². The molecule has 0 N–H and O–H groups in total. The van der Waals surface area contributed by atoms with E-state index in [0.717, 1.165) is 0 Å². The van der Waals surface area contributed by atoms with Crippen molar-refractivity contribution in [2.24, 2.45) is 0 Å². The van der Waals surface area contributed by atoms with E-state index in [-0.39, 0.29) is 18.2 Å². The predicted molar refractivity (Wildman–Crippen MR) is 52.1 cm³/mol. The second-order valence-corrected chi connectivity index (χ2v) is 3.36. The van der Waals surface area contributed by atoms with Crippen molar-refractivity contribution >= 4 is 5.78 Å². The summed E-state index contributed by atoms with van der Waals surface area (Å²) in [6.45, 7) is 5.00. The van der Waals surface area contributed by atoms with Gasteiger partial charge in [0, 0.05) is 0 Å². The Hall–Kier alpha value is -1.38. The van der Waals surface area contributed by atoms with Gasteiger partial charge in [0.15, 0.2) is 5.78 Å². The maximum absolute atomic E-state index is 12.9. The first-order chi connectivity index (χ1) is 6.50. The topological polar surface area (TPSA) is 26.3 Å². The molecule has 0 aliphatic rings. The molecule has 76 valence electrons. The van der Waals surface area contributed by atoms with E-state index in [2.05, 4.69) is 0 Å². The number of ketones is 1. The van der Waals surface area contributed by atoms with Crippen LogP contribution < -0.4 is 4.74 Å². The van der Waals surface area contributed by atoms with Gasteiger partial charge in [-0.25, -0.2) is 4.39 Å². The summed E-state index contributed by atoms with van der Waals surface area (Å²) in [5, 5.41) is 0. The quantitative estimate of drug-likeness (QED) is 0.742. The summed E-state index contributed by atoms with van der Waals surface area (Å²) < 4.78 is 18.2. The highest BCUT2D eigenvalue weighted by Crippen LogP contribution is 2.23. The molecule has 0 heterocycles. The summed E-state index contributed by atoms with van der Waals surface area (Å²) in [5.41, 5.74) is 1.42. The number of Topliss-reactive ketones (excluding diaryl/α,β-unsaturated/α-hetero) is 1. The molecule has 0 saturated carbocycles. The van der Waals surface area contributed by atoms with Crippen LogP contribution in [0.25, 0.3) is 0 Å². The molecule has 0 radical (unpaired) electrons. The van der Waals surface area contributed by atoms with E-state index in [4.69, 9.17) is 4.74 Å². The molecule has 0 saturated heterocycles. The zero-order valence-electron chi connectivity index (χ0n) is 8.56. The van der Waals surface area contributed by atoms with Crippen LogP contribution in [0.4, 0.5) is 4.39 Å². The molecule has 1 aromatic carbocycles. The van der Waals surface area contributed by atoms with Gasteiger partial charge in [-0.2, -0.15) is 0 Å². The third kappa shape index (κ3) is 2.55. The summed E-state index contributed by atoms with van der Waals surface area (Å²) in [6.07, 6.45) is 0. The summed E-state index contributed by atoms with van der Waals surface area (Å²) in [7, 11) is 0. The lowest BCUT2D eigenvalue weighted by Crippen LogP contribution is -2.08. The van der Waals surface area contributed by atoms with Crippen molar-refractivity contribution in [1.29, 1.82) is 0 Å². The highest BCUT2D eigenvalue weighted by atomic mass is 19.1. The molecule has 1 rings (SSSR count). The van der Waals surface area contributed by atoms with Crippen molar-refractivity contribution in [3.05, 3.63) is 29.1 Å².